The molecule has 0 atom stereocenters. The van der Waals surface area contributed by atoms with Crippen LogP contribution in [-0.4, -0.2) is 33.5 Å². The molecule has 23 heavy (non-hydrogen) atoms. The van der Waals surface area contributed by atoms with E-state index in [0.717, 1.165) is 4.31 Å². The lowest BCUT2D eigenvalue weighted by Gasteiger charge is -2.19. The SMILES string of the molecule is C#CCN(Cc1ccco1)S(=O)(=O)c1ccc(OC)c(OC)c1. The lowest BCUT2D eigenvalue weighted by Crippen LogP contribution is -2.31. The van der Waals surface area contributed by atoms with Crippen LogP contribution >= 0.6 is 0 Å². The molecule has 0 aliphatic heterocycles. The van der Waals surface area contributed by atoms with Crippen molar-refractivity contribution in [2.75, 3.05) is 20.8 Å². The fourth-order valence-electron chi connectivity index (χ4n) is 2.03. The number of furan rings is 1. The Morgan fingerprint density at radius 3 is 2.52 bits per heavy atom. The van der Waals surface area contributed by atoms with Crippen molar-refractivity contribution in [2.24, 2.45) is 0 Å². The molecule has 0 bridgehead atoms. The van der Waals surface area contributed by atoms with Gasteiger partial charge in [-0.05, 0) is 24.3 Å². The number of rotatable bonds is 7. The standard InChI is InChI=1S/C16H17NO5S/c1-4-9-17(12-13-6-5-10-22-13)23(18,19)14-7-8-15(20-2)16(11-14)21-3/h1,5-8,10-11H,9,12H2,2-3H3. The summed E-state index contributed by atoms with van der Waals surface area (Å²) < 4.78 is 42.2. The minimum Gasteiger partial charge on any atom is -0.493 e. The Bertz CT molecular complexity index is 790. The minimum absolute atomic E-state index is 0.0495. The van der Waals surface area contributed by atoms with Gasteiger partial charge in [0.2, 0.25) is 10.0 Å². The second-order valence-electron chi connectivity index (χ2n) is 4.57. The summed E-state index contributed by atoms with van der Waals surface area (Å²) in [6, 6.07) is 7.76. The molecule has 0 spiro atoms. The van der Waals surface area contributed by atoms with Crippen molar-refractivity contribution in [1.82, 2.24) is 4.31 Å². The largest absolute Gasteiger partial charge is 0.493 e. The molecule has 0 unspecified atom stereocenters. The highest BCUT2D eigenvalue weighted by Crippen LogP contribution is 2.31. The van der Waals surface area contributed by atoms with Gasteiger partial charge in [-0.2, -0.15) is 4.31 Å². The van der Waals surface area contributed by atoms with E-state index in [2.05, 4.69) is 5.92 Å². The maximum absolute atomic E-state index is 12.8. The molecule has 1 heterocycles. The van der Waals surface area contributed by atoms with Gasteiger partial charge < -0.3 is 13.9 Å². The van der Waals surface area contributed by atoms with Crippen molar-refractivity contribution in [2.45, 2.75) is 11.4 Å². The van der Waals surface area contributed by atoms with Crippen LogP contribution in [0, 0.1) is 12.3 Å². The zero-order valence-electron chi connectivity index (χ0n) is 12.9. The maximum atomic E-state index is 12.8. The van der Waals surface area contributed by atoms with Gasteiger partial charge in [0.05, 0.1) is 38.5 Å². The van der Waals surface area contributed by atoms with Crippen LogP contribution in [0.2, 0.25) is 0 Å². The molecule has 0 aliphatic carbocycles. The molecule has 7 heteroatoms. The first-order valence-corrected chi connectivity index (χ1v) is 8.15. The summed E-state index contributed by atoms with van der Waals surface area (Å²) in [5.74, 6) is 3.63. The molecule has 1 aromatic heterocycles. The second-order valence-corrected chi connectivity index (χ2v) is 6.51. The Morgan fingerprint density at radius 1 is 1.22 bits per heavy atom. The smallest absolute Gasteiger partial charge is 0.244 e. The van der Waals surface area contributed by atoms with Crippen LogP contribution in [0.1, 0.15) is 5.76 Å². The molecule has 0 N–H and O–H groups in total. The fraction of sp³-hybridized carbons (Fsp3) is 0.250. The number of sulfonamides is 1. The Labute approximate surface area is 135 Å². The van der Waals surface area contributed by atoms with E-state index in [9.17, 15) is 8.42 Å². The summed E-state index contributed by atoms with van der Waals surface area (Å²) >= 11 is 0. The molecule has 2 aromatic rings. The molecule has 0 saturated carbocycles. The Kier molecular flexibility index (Phi) is 5.32. The van der Waals surface area contributed by atoms with Crippen LogP contribution in [-0.2, 0) is 16.6 Å². The normalized spacial score (nSPS) is 11.2. The summed E-state index contributed by atoms with van der Waals surface area (Å²) in [4.78, 5) is 0.0666. The first-order valence-electron chi connectivity index (χ1n) is 6.71. The molecule has 0 radical (unpaired) electrons. The lowest BCUT2D eigenvalue weighted by molar-refractivity contribution is 0.353. The zero-order valence-corrected chi connectivity index (χ0v) is 13.7. The molecular formula is C16H17NO5S. The maximum Gasteiger partial charge on any atom is 0.244 e. The van der Waals surface area contributed by atoms with Gasteiger partial charge in [-0.1, -0.05) is 5.92 Å². The fourth-order valence-corrected chi connectivity index (χ4v) is 3.37. The third kappa shape index (κ3) is 3.67. The third-order valence-electron chi connectivity index (χ3n) is 3.17. The van der Waals surface area contributed by atoms with Crippen molar-refractivity contribution in [1.29, 1.82) is 0 Å². The van der Waals surface area contributed by atoms with E-state index in [4.69, 9.17) is 20.3 Å². The van der Waals surface area contributed by atoms with Gasteiger partial charge in [0, 0.05) is 6.07 Å². The van der Waals surface area contributed by atoms with Crippen molar-refractivity contribution < 1.29 is 22.3 Å². The lowest BCUT2D eigenvalue weighted by atomic mass is 10.3. The van der Waals surface area contributed by atoms with Crippen LogP contribution in [0.5, 0.6) is 11.5 Å². The van der Waals surface area contributed by atoms with Gasteiger partial charge in [0.25, 0.3) is 0 Å². The predicted molar refractivity (Wildman–Crippen MR) is 84.7 cm³/mol. The van der Waals surface area contributed by atoms with E-state index in [0.29, 0.717) is 17.3 Å². The van der Waals surface area contributed by atoms with E-state index in [1.54, 1.807) is 12.1 Å². The molecule has 1 aromatic carbocycles. The topological polar surface area (TPSA) is 69.0 Å². The molecule has 2 rings (SSSR count). The Balaban J connectivity index is 2.39. The summed E-state index contributed by atoms with van der Waals surface area (Å²) in [5.41, 5.74) is 0. The van der Waals surface area contributed by atoms with Crippen LogP contribution in [0.3, 0.4) is 0 Å². The number of benzene rings is 1. The quantitative estimate of drug-likeness (QED) is 0.725. The van der Waals surface area contributed by atoms with Crippen molar-refractivity contribution in [3.63, 3.8) is 0 Å². The summed E-state index contributed by atoms with van der Waals surface area (Å²) in [7, 11) is -0.881. The van der Waals surface area contributed by atoms with Crippen LogP contribution in [0.25, 0.3) is 0 Å². The molecular weight excluding hydrogens is 318 g/mol. The monoisotopic (exact) mass is 335 g/mol. The highest BCUT2D eigenvalue weighted by molar-refractivity contribution is 7.89. The third-order valence-corrected chi connectivity index (χ3v) is 4.96. The average Bonchev–Trinajstić information content (AvgIpc) is 3.06. The second kappa shape index (κ2) is 7.22. The number of ether oxygens (including phenoxy) is 2. The predicted octanol–water partition coefficient (Wildman–Crippen LogP) is 2.12. The minimum atomic E-state index is -3.80. The number of methoxy groups -OCH3 is 2. The van der Waals surface area contributed by atoms with Gasteiger partial charge in [0.1, 0.15) is 5.76 Å². The van der Waals surface area contributed by atoms with Crippen molar-refractivity contribution in [3.8, 4) is 23.8 Å². The van der Waals surface area contributed by atoms with Gasteiger partial charge in [-0.25, -0.2) is 8.42 Å². The molecule has 0 amide bonds. The van der Waals surface area contributed by atoms with E-state index >= 15 is 0 Å². The van der Waals surface area contributed by atoms with Crippen molar-refractivity contribution in [3.05, 3.63) is 42.4 Å². The molecule has 122 valence electrons. The number of nitrogens with zero attached hydrogens (tertiary/aromatic N) is 1. The number of terminal acetylenes is 1. The first-order chi connectivity index (χ1) is 11.0. The van der Waals surface area contributed by atoms with Gasteiger partial charge in [-0.3, -0.25) is 0 Å². The summed E-state index contributed by atoms with van der Waals surface area (Å²) in [6.07, 6.45) is 6.78. The number of hydrogen-bond acceptors (Lipinski definition) is 5. The highest BCUT2D eigenvalue weighted by Gasteiger charge is 2.26. The molecule has 0 aliphatic rings. The Hall–Kier alpha value is -2.43. The van der Waals surface area contributed by atoms with Gasteiger partial charge in [0.15, 0.2) is 11.5 Å². The highest BCUT2D eigenvalue weighted by atomic mass is 32.2. The average molecular weight is 335 g/mol. The van der Waals surface area contributed by atoms with Gasteiger partial charge >= 0.3 is 0 Å². The van der Waals surface area contributed by atoms with Crippen LogP contribution in [0.4, 0.5) is 0 Å². The van der Waals surface area contributed by atoms with Crippen LogP contribution < -0.4 is 9.47 Å². The zero-order chi connectivity index (χ0) is 16.9. The molecule has 0 fully saturated rings. The van der Waals surface area contributed by atoms with E-state index in [1.807, 2.05) is 0 Å². The summed E-state index contributed by atoms with van der Waals surface area (Å²) in [5, 5.41) is 0. The van der Waals surface area contributed by atoms with E-state index < -0.39 is 10.0 Å². The van der Waals surface area contributed by atoms with E-state index in [1.165, 1.54) is 38.7 Å². The van der Waals surface area contributed by atoms with Crippen LogP contribution in [0.15, 0.2) is 45.9 Å². The first kappa shape index (κ1) is 16.9. The molecule has 0 saturated heterocycles. The Morgan fingerprint density at radius 2 is 1.96 bits per heavy atom. The van der Waals surface area contributed by atoms with E-state index in [-0.39, 0.29) is 18.0 Å². The summed E-state index contributed by atoms with van der Waals surface area (Å²) in [6.45, 7) is -0.0226. The number of hydrogen-bond donors (Lipinski definition) is 0. The van der Waals surface area contributed by atoms with Gasteiger partial charge in [-0.15, -0.1) is 6.42 Å². The van der Waals surface area contributed by atoms with Crippen molar-refractivity contribution >= 4 is 10.0 Å². The molecule has 6 nitrogen and oxygen atoms in total.